The van der Waals surface area contributed by atoms with Gasteiger partial charge in [-0.1, -0.05) is 0 Å². The Balaban J connectivity index is 2.13. The molecule has 0 aliphatic carbocycles. The fourth-order valence-corrected chi connectivity index (χ4v) is 1.75. The quantitative estimate of drug-likeness (QED) is 0.871. The molecule has 0 radical (unpaired) electrons. The molecule has 104 valence electrons. The van der Waals surface area contributed by atoms with Gasteiger partial charge in [-0.25, -0.2) is 9.97 Å². The van der Waals surface area contributed by atoms with E-state index in [0.717, 1.165) is 11.3 Å². The van der Waals surface area contributed by atoms with E-state index in [1.807, 2.05) is 6.07 Å². The molecule has 0 fully saturated rings. The molecule has 1 aromatic carbocycles. The van der Waals surface area contributed by atoms with Crippen molar-refractivity contribution >= 4 is 17.3 Å². The van der Waals surface area contributed by atoms with E-state index in [2.05, 4.69) is 20.6 Å². The molecule has 0 bridgehead atoms. The van der Waals surface area contributed by atoms with Crippen LogP contribution in [0.25, 0.3) is 0 Å². The number of nitrogens with one attached hydrogen (secondary N) is 2. The maximum Gasteiger partial charge on any atom is 0.221 e. The molecule has 2 rings (SSSR count). The summed E-state index contributed by atoms with van der Waals surface area (Å²) in [6, 6.07) is 5.41. The lowest BCUT2D eigenvalue weighted by Crippen LogP contribution is -2.07. The van der Waals surface area contributed by atoms with Crippen LogP contribution in [0.15, 0.2) is 36.9 Å². The first-order valence-electron chi connectivity index (χ1n) is 6.12. The maximum atomic E-state index is 11.1. The topological polar surface area (TPSA) is 76.1 Å². The lowest BCUT2D eigenvalue weighted by Gasteiger charge is -2.13. The summed E-state index contributed by atoms with van der Waals surface area (Å²) < 4.78 is 5.29. The molecule has 0 spiro atoms. The monoisotopic (exact) mass is 272 g/mol. The molecule has 1 amide bonds. The fourth-order valence-electron chi connectivity index (χ4n) is 1.75. The molecular weight excluding hydrogens is 256 g/mol. The Bertz CT molecular complexity index is 587. The number of benzene rings is 1. The molecular formula is C14H16N4O2. The molecule has 6 nitrogen and oxygen atoms in total. The summed E-state index contributed by atoms with van der Waals surface area (Å²) in [7, 11) is 1.60. The number of aromatic nitrogens is 2. The van der Waals surface area contributed by atoms with Crippen LogP contribution < -0.4 is 15.4 Å². The van der Waals surface area contributed by atoms with E-state index < -0.39 is 0 Å². The number of carbonyl (C=O) groups is 1. The van der Waals surface area contributed by atoms with Crippen molar-refractivity contribution in [3.05, 3.63) is 42.5 Å². The summed E-state index contributed by atoms with van der Waals surface area (Å²) in [5.74, 6) is 0.591. The Kier molecular flexibility index (Phi) is 4.49. The molecule has 1 aromatic heterocycles. The zero-order valence-electron chi connectivity index (χ0n) is 11.4. The van der Waals surface area contributed by atoms with Crippen LogP contribution in [0.2, 0.25) is 0 Å². The van der Waals surface area contributed by atoms with Crippen molar-refractivity contribution in [1.82, 2.24) is 9.97 Å². The first-order valence-corrected chi connectivity index (χ1v) is 6.12. The Hall–Kier alpha value is -2.63. The van der Waals surface area contributed by atoms with Crippen LogP contribution in [0.3, 0.4) is 0 Å². The molecule has 0 atom stereocenters. The van der Waals surface area contributed by atoms with Crippen molar-refractivity contribution in [3.8, 4) is 5.75 Å². The minimum Gasteiger partial charge on any atom is -0.495 e. The third-order valence-corrected chi connectivity index (χ3v) is 2.62. The normalized spacial score (nSPS) is 9.90. The summed E-state index contributed by atoms with van der Waals surface area (Å²) in [4.78, 5) is 19.0. The van der Waals surface area contributed by atoms with Gasteiger partial charge in [0.15, 0.2) is 0 Å². The van der Waals surface area contributed by atoms with Gasteiger partial charge in [0.1, 0.15) is 12.1 Å². The van der Waals surface area contributed by atoms with Crippen LogP contribution in [-0.4, -0.2) is 23.0 Å². The van der Waals surface area contributed by atoms with Crippen molar-refractivity contribution < 1.29 is 9.53 Å². The van der Waals surface area contributed by atoms with Crippen molar-refractivity contribution in [2.45, 2.75) is 13.5 Å². The second-order valence-electron chi connectivity index (χ2n) is 4.20. The van der Waals surface area contributed by atoms with Crippen molar-refractivity contribution in [1.29, 1.82) is 0 Å². The van der Waals surface area contributed by atoms with Crippen LogP contribution >= 0.6 is 0 Å². The van der Waals surface area contributed by atoms with Gasteiger partial charge in [-0.15, -0.1) is 0 Å². The summed E-state index contributed by atoms with van der Waals surface area (Å²) >= 11 is 0. The van der Waals surface area contributed by atoms with Crippen molar-refractivity contribution in [3.63, 3.8) is 0 Å². The highest BCUT2D eigenvalue weighted by atomic mass is 16.5. The maximum absolute atomic E-state index is 11.1. The highest BCUT2D eigenvalue weighted by molar-refractivity contribution is 5.89. The number of ether oxygens (including phenoxy) is 1. The zero-order chi connectivity index (χ0) is 14.4. The Morgan fingerprint density at radius 3 is 2.70 bits per heavy atom. The number of methoxy groups -OCH3 is 1. The second kappa shape index (κ2) is 6.51. The molecule has 0 unspecified atom stereocenters. The van der Waals surface area contributed by atoms with Crippen LogP contribution in [-0.2, 0) is 11.3 Å². The molecule has 2 aromatic rings. The third-order valence-electron chi connectivity index (χ3n) is 2.62. The van der Waals surface area contributed by atoms with E-state index in [1.165, 1.54) is 13.3 Å². The summed E-state index contributed by atoms with van der Waals surface area (Å²) in [5.41, 5.74) is 2.46. The van der Waals surface area contributed by atoms with Crippen molar-refractivity contribution in [2.75, 3.05) is 17.7 Å². The molecule has 0 aliphatic rings. The molecule has 0 saturated heterocycles. The second-order valence-corrected chi connectivity index (χ2v) is 4.20. The van der Waals surface area contributed by atoms with E-state index in [0.29, 0.717) is 18.0 Å². The molecule has 6 heteroatoms. The van der Waals surface area contributed by atoms with Gasteiger partial charge in [0.2, 0.25) is 5.91 Å². The molecule has 0 saturated carbocycles. The predicted octanol–water partition coefficient (Wildman–Crippen LogP) is 2.06. The van der Waals surface area contributed by atoms with Gasteiger partial charge in [0.25, 0.3) is 0 Å². The number of hydrogen-bond donors (Lipinski definition) is 2. The number of rotatable bonds is 5. The van der Waals surface area contributed by atoms with E-state index >= 15 is 0 Å². The minimum absolute atomic E-state index is 0.113. The lowest BCUT2D eigenvalue weighted by atomic mass is 10.2. The van der Waals surface area contributed by atoms with E-state index in [9.17, 15) is 4.79 Å². The lowest BCUT2D eigenvalue weighted by molar-refractivity contribution is -0.114. The van der Waals surface area contributed by atoms with E-state index in [-0.39, 0.29) is 5.91 Å². The van der Waals surface area contributed by atoms with Gasteiger partial charge in [0, 0.05) is 37.1 Å². The number of carbonyl (C=O) groups excluding carboxylic acids is 1. The van der Waals surface area contributed by atoms with E-state index in [1.54, 1.807) is 31.6 Å². The first-order chi connectivity index (χ1) is 9.69. The van der Waals surface area contributed by atoms with Gasteiger partial charge in [-0.2, -0.15) is 0 Å². The number of nitrogens with zero attached hydrogens (tertiary/aromatic N) is 2. The third kappa shape index (κ3) is 3.68. The SMILES string of the molecule is COc1ccc(NC(C)=O)cc1NCc1cncnc1. The van der Waals surface area contributed by atoms with Gasteiger partial charge < -0.3 is 15.4 Å². The summed E-state index contributed by atoms with van der Waals surface area (Å²) in [5, 5.41) is 5.97. The fraction of sp³-hybridized carbons (Fsp3) is 0.214. The minimum atomic E-state index is -0.113. The summed E-state index contributed by atoms with van der Waals surface area (Å²) in [6.45, 7) is 2.04. The number of anilines is 2. The van der Waals surface area contributed by atoms with Gasteiger partial charge in [-0.3, -0.25) is 4.79 Å². The van der Waals surface area contributed by atoms with Crippen LogP contribution in [0, 0.1) is 0 Å². The van der Waals surface area contributed by atoms with Gasteiger partial charge in [0.05, 0.1) is 12.8 Å². The van der Waals surface area contributed by atoms with Crippen LogP contribution in [0.4, 0.5) is 11.4 Å². The Morgan fingerprint density at radius 2 is 2.05 bits per heavy atom. The highest BCUT2D eigenvalue weighted by Crippen LogP contribution is 2.28. The highest BCUT2D eigenvalue weighted by Gasteiger charge is 2.05. The first kappa shape index (κ1) is 13.8. The molecule has 0 aliphatic heterocycles. The van der Waals surface area contributed by atoms with E-state index in [4.69, 9.17) is 4.74 Å². The number of hydrogen-bond acceptors (Lipinski definition) is 5. The predicted molar refractivity (Wildman–Crippen MR) is 76.7 cm³/mol. The zero-order valence-corrected chi connectivity index (χ0v) is 11.4. The Morgan fingerprint density at radius 1 is 1.30 bits per heavy atom. The molecule has 1 heterocycles. The Labute approximate surface area is 117 Å². The van der Waals surface area contributed by atoms with Crippen LogP contribution in [0.1, 0.15) is 12.5 Å². The standard InChI is InChI=1S/C14H16N4O2/c1-10(19)18-12-3-4-14(20-2)13(5-12)17-8-11-6-15-9-16-7-11/h3-7,9,17H,8H2,1-2H3,(H,18,19). The average molecular weight is 272 g/mol. The van der Waals surface area contributed by atoms with Crippen LogP contribution in [0.5, 0.6) is 5.75 Å². The summed E-state index contributed by atoms with van der Waals surface area (Å²) in [6.07, 6.45) is 4.97. The van der Waals surface area contributed by atoms with Crippen molar-refractivity contribution in [2.24, 2.45) is 0 Å². The smallest absolute Gasteiger partial charge is 0.221 e. The number of amides is 1. The average Bonchev–Trinajstić information content (AvgIpc) is 2.46. The largest absolute Gasteiger partial charge is 0.495 e. The molecule has 2 N–H and O–H groups in total. The molecule has 20 heavy (non-hydrogen) atoms. The van der Waals surface area contributed by atoms with Gasteiger partial charge in [-0.05, 0) is 18.2 Å². The van der Waals surface area contributed by atoms with Gasteiger partial charge >= 0.3 is 0 Å².